The van der Waals surface area contributed by atoms with Crippen LogP contribution in [0.2, 0.25) is 0 Å². The largest absolute Gasteiger partial charge is 0.326 e. The van der Waals surface area contributed by atoms with Gasteiger partial charge in [0.1, 0.15) is 5.49 Å². The molecule has 0 atom stereocenters. The van der Waals surface area contributed by atoms with Crippen molar-refractivity contribution in [3.63, 3.8) is 0 Å². The first-order valence-electron chi connectivity index (χ1n) is 9.23. The number of hydrogen-bond acceptors (Lipinski definition) is 3. The molecule has 136 valence electrons. The lowest BCUT2D eigenvalue weighted by molar-refractivity contribution is -0.114. The first kappa shape index (κ1) is 18.1. The number of nitrogens with one attached hydrogen (secondary N) is 1. The van der Waals surface area contributed by atoms with E-state index in [0.29, 0.717) is 12.5 Å². The van der Waals surface area contributed by atoms with Crippen molar-refractivity contribution in [2.24, 2.45) is 4.99 Å². The molecule has 0 aliphatic heterocycles. The maximum atomic E-state index is 12.8. The quantitative estimate of drug-likeness (QED) is 0.915. The smallest absolute Gasteiger partial charge is 0.236 e. The molecule has 0 spiro atoms. The molecular formula is C21H25N3O2. The minimum Gasteiger partial charge on any atom is -0.326 e. The summed E-state index contributed by atoms with van der Waals surface area (Å²) in [6.45, 7) is 1.47. The van der Waals surface area contributed by atoms with Gasteiger partial charge in [-0.1, -0.05) is 37.5 Å². The molecule has 5 nitrogen and oxygen atoms in total. The molecule has 5 heteroatoms. The van der Waals surface area contributed by atoms with Crippen LogP contribution < -0.4 is 10.8 Å². The number of carbonyl (C=O) groups is 2. The van der Waals surface area contributed by atoms with Gasteiger partial charge in [-0.2, -0.15) is 0 Å². The SMILES string of the molecule is CC(=O)Nc1ccc(CC(=O)n2ccccc2=NC2CCCCC2)cc1. The summed E-state index contributed by atoms with van der Waals surface area (Å²) in [5.41, 5.74) is 2.37. The molecule has 1 aliphatic rings. The molecule has 3 rings (SSSR count). The highest BCUT2D eigenvalue weighted by Crippen LogP contribution is 2.19. The van der Waals surface area contributed by atoms with Gasteiger partial charge in [0, 0.05) is 18.8 Å². The van der Waals surface area contributed by atoms with Crippen LogP contribution >= 0.6 is 0 Å². The maximum Gasteiger partial charge on any atom is 0.236 e. The fraction of sp³-hybridized carbons (Fsp3) is 0.381. The highest BCUT2D eigenvalue weighted by Gasteiger charge is 2.13. The summed E-state index contributed by atoms with van der Waals surface area (Å²) in [6, 6.07) is 13.4. The molecule has 1 heterocycles. The molecule has 1 aromatic carbocycles. The first-order chi connectivity index (χ1) is 12.6. The van der Waals surface area contributed by atoms with Gasteiger partial charge in [-0.15, -0.1) is 0 Å². The van der Waals surface area contributed by atoms with Gasteiger partial charge >= 0.3 is 0 Å². The molecule has 0 saturated heterocycles. The van der Waals surface area contributed by atoms with Crippen LogP contribution in [0.25, 0.3) is 0 Å². The molecule has 1 amide bonds. The second kappa shape index (κ2) is 8.61. The van der Waals surface area contributed by atoms with Crippen LogP contribution in [0.3, 0.4) is 0 Å². The van der Waals surface area contributed by atoms with Crippen LogP contribution in [0.1, 0.15) is 49.4 Å². The number of benzene rings is 1. The van der Waals surface area contributed by atoms with E-state index in [1.807, 2.05) is 42.5 Å². The van der Waals surface area contributed by atoms with Gasteiger partial charge < -0.3 is 5.32 Å². The highest BCUT2D eigenvalue weighted by atomic mass is 16.2. The van der Waals surface area contributed by atoms with Crippen molar-refractivity contribution in [3.8, 4) is 0 Å². The van der Waals surface area contributed by atoms with Crippen molar-refractivity contribution in [3.05, 3.63) is 59.7 Å². The Labute approximate surface area is 153 Å². The Morgan fingerprint density at radius 2 is 1.81 bits per heavy atom. The summed E-state index contributed by atoms with van der Waals surface area (Å²) in [7, 11) is 0. The summed E-state index contributed by atoms with van der Waals surface area (Å²) in [6.07, 6.45) is 8.01. The summed E-state index contributed by atoms with van der Waals surface area (Å²) >= 11 is 0. The summed E-state index contributed by atoms with van der Waals surface area (Å²) in [5.74, 6) is -0.116. The second-order valence-electron chi connectivity index (χ2n) is 6.80. The number of rotatable bonds is 4. The predicted octanol–water partition coefficient (Wildman–Crippen LogP) is 3.56. The van der Waals surface area contributed by atoms with E-state index in [0.717, 1.165) is 29.6 Å². The molecule has 2 aromatic rings. The van der Waals surface area contributed by atoms with E-state index in [1.165, 1.54) is 26.2 Å². The van der Waals surface area contributed by atoms with Crippen molar-refractivity contribution in [1.82, 2.24) is 4.57 Å². The molecule has 0 unspecified atom stereocenters. The molecule has 1 aliphatic carbocycles. The van der Waals surface area contributed by atoms with E-state index >= 15 is 0 Å². The van der Waals surface area contributed by atoms with Crippen molar-refractivity contribution >= 4 is 17.5 Å². The van der Waals surface area contributed by atoms with Crippen molar-refractivity contribution in [1.29, 1.82) is 0 Å². The molecule has 1 fully saturated rings. The van der Waals surface area contributed by atoms with E-state index in [-0.39, 0.29) is 11.8 Å². The van der Waals surface area contributed by atoms with E-state index in [4.69, 9.17) is 4.99 Å². The zero-order valence-corrected chi connectivity index (χ0v) is 15.1. The molecule has 1 aromatic heterocycles. The van der Waals surface area contributed by atoms with E-state index in [2.05, 4.69) is 5.32 Å². The summed E-state index contributed by atoms with van der Waals surface area (Å²) in [4.78, 5) is 28.7. The highest BCUT2D eigenvalue weighted by molar-refractivity contribution is 5.88. The van der Waals surface area contributed by atoms with Gasteiger partial charge in [0.25, 0.3) is 0 Å². The lowest BCUT2D eigenvalue weighted by Gasteiger charge is -2.17. The lowest BCUT2D eigenvalue weighted by atomic mass is 9.96. The normalized spacial score (nSPS) is 15.7. The van der Waals surface area contributed by atoms with Crippen molar-refractivity contribution < 1.29 is 9.59 Å². The number of hydrogen-bond donors (Lipinski definition) is 1. The maximum absolute atomic E-state index is 12.8. The van der Waals surface area contributed by atoms with E-state index < -0.39 is 0 Å². The zero-order chi connectivity index (χ0) is 18.4. The molecule has 0 radical (unpaired) electrons. The van der Waals surface area contributed by atoms with Gasteiger partial charge in [-0.05, 0) is 42.7 Å². The van der Waals surface area contributed by atoms with E-state index in [9.17, 15) is 9.59 Å². The Balaban J connectivity index is 1.75. The van der Waals surface area contributed by atoms with Gasteiger partial charge in [-0.3, -0.25) is 19.1 Å². The van der Waals surface area contributed by atoms with E-state index in [1.54, 1.807) is 10.8 Å². The third-order valence-electron chi connectivity index (χ3n) is 4.63. The fourth-order valence-corrected chi connectivity index (χ4v) is 3.32. The topological polar surface area (TPSA) is 63.5 Å². The van der Waals surface area contributed by atoms with Crippen molar-refractivity contribution in [2.45, 2.75) is 51.5 Å². The number of aromatic nitrogens is 1. The molecule has 26 heavy (non-hydrogen) atoms. The molecule has 1 N–H and O–H groups in total. The third kappa shape index (κ3) is 4.91. The van der Waals surface area contributed by atoms with Gasteiger partial charge in [-0.25, -0.2) is 0 Å². The average molecular weight is 351 g/mol. The van der Waals surface area contributed by atoms with Crippen LogP contribution in [0.5, 0.6) is 0 Å². The minimum absolute atomic E-state index is 0.00700. The summed E-state index contributed by atoms with van der Waals surface area (Å²) in [5, 5.41) is 2.73. The fourth-order valence-electron chi connectivity index (χ4n) is 3.32. The average Bonchev–Trinajstić information content (AvgIpc) is 2.64. The minimum atomic E-state index is -0.109. The molecule has 0 bridgehead atoms. The van der Waals surface area contributed by atoms with Gasteiger partial charge in [0.05, 0.1) is 12.5 Å². The standard InChI is InChI=1S/C21H25N3O2/c1-16(25)22-19-12-10-17(11-13-19)15-21(26)24-14-6-5-9-20(24)23-18-7-3-2-4-8-18/h5-6,9-14,18H,2-4,7-8,15H2,1H3,(H,22,25). The predicted molar refractivity (Wildman–Crippen MR) is 102 cm³/mol. The molecular weight excluding hydrogens is 326 g/mol. The van der Waals surface area contributed by atoms with Crippen LogP contribution in [0, 0.1) is 0 Å². The number of anilines is 1. The number of amides is 1. The lowest BCUT2D eigenvalue weighted by Crippen LogP contribution is -2.29. The Bertz CT molecular complexity index is 831. The number of pyridine rings is 1. The Kier molecular flexibility index (Phi) is 6.00. The second-order valence-corrected chi connectivity index (χ2v) is 6.80. The Morgan fingerprint density at radius 3 is 2.50 bits per heavy atom. The van der Waals surface area contributed by atoms with Crippen LogP contribution in [0.4, 0.5) is 5.69 Å². The van der Waals surface area contributed by atoms with Crippen LogP contribution in [-0.4, -0.2) is 22.4 Å². The number of carbonyl (C=O) groups excluding carboxylic acids is 2. The first-order valence-corrected chi connectivity index (χ1v) is 9.23. The van der Waals surface area contributed by atoms with Gasteiger partial charge in [0.15, 0.2) is 0 Å². The summed E-state index contributed by atoms with van der Waals surface area (Å²) < 4.78 is 1.65. The third-order valence-corrected chi connectivity index (χ3v) is 4.63. The number of nitrogens with zero attached hydrogens (tertiary/aromatic N) is 2. The Hall–Kier alpha value is -2.69. The van der Waals surface area contributed by atoms with Gasteiger partial charge in [0.2, 0.25) is 11.8 Å². The van der Waals surface area contributed by atoms with Crippen LogP contribution in [0.15, 0.2) is 53.7 Å². The zero-order valence-electron chi connectivity index (χ0n) is 15.1. The van der Waals surface area contributed by atoms with Crippen LogP contribution in [-0.2, 0) is 11.2 Å². The monoisotopic (exact) mass is 351 g/mol. The molecule has 1 saturated carbocycles. The Morgan fingerprint density at radius 1 is 1.08 bits per heavy atom. The van der Waals surface area contributed by atoms with Crippen molar-refractivity contribution in [2.75, 3.05) is 5.32 Å².